The molecule has 1 atom stereocenters. The molecule has 0 bridgehead atoms. The fraction of sp³-hybridized carbons (Fsp3) is 0.682. The Morgan fingerprint density at radius 1 is 1.00 bits per heavy atom. The summed E-state index contributed by atoms with van der Waals surface area (Å²) in [4.78, 5) is 82.0. The molecule has 0 aromatic carbocycles. The topological polar surface area (TPSA) is 171 Å². The third-order valence-corrected chi connectivity index (χ3v) is 5.59. The van der Waals surface area contributed by atoms with Crippen molar-refractivity contribution in [2.75, 3.05) is 32.1 Å². The highest BCUT2D eigenvalue weighted by Gasteiger charge is 2.43. The standard InChI is InChI=1S/C22H32N2O10S/c1-4-32-17(28)6-5-14(25)11-15(26)12-18(29)35-10-9-23-16(27)7-8-24-20(30)19-22(2,3)13-33-21(31)34-19/h19H,4-13H2,1-3H3,(H,23,27)(H,24,30)/t19-/m0/s1. The van der Waals surface area contributed by atoms with E-state index in [2.05, 4.69) is 10.6 Å². The lowest BCUT2D eigenvalue weighted by Gasteiger charge is -2.35. The van der Waals surface area contributed by atoms with E-state index in [4.69, 9.17) is 14.2 Å². The molecular weight excluding hydrogens is 484 g/mol. The van der Waals surface area contributed by atoms with E-state index in [0.29, 0.717) is 0 Å². The first kappa shape index (κ1) is 30.1. The molecule has 0 aromatic heterocycles. The maximum Gasteiger partial charge on any atom is 0.509 e. The third-order valence-electron chi connectivity index (χ3n) is 4.71. The number of nitrogens with one attached hydrogen (secondary N) is 2. The minimum Gasteiger partial charge on any atom is -0.466 e. The van der Waals surface area contributed by atoms with Crippen LogP contribution in [0.3, 0.4) is 0 Å². The molecule has 0 aliphatic carbocycles. The van der Waals surface area contributed by atoms with Crippen molar-refractivity contribution in [3.63, 3.8) is 0 Å². The molecule has 1 fully saturated rings. The molecule has 0 unspecified atom stereocenters. The number of carbonyl (C=O) groups excluding carboxylic acids is 7. The van der Waals surface area contributed by atoms with E-state index in [1.165, 1.54) is 0 Å². The highest BCUT2D eigenvalue weighted by atomic mass is 32.2. The molecule has 0 saturated carbocycles. The molecule has 35 heavy (non-hydrogen) atoms. The van der Waals surface area contributed by atoms with Crippen molar-refractivity contribution in [3.8, 4) is 0 Å². The van der Waals surface area contributed by atoms with Gasteiger partial charge in [0, 0.05) is 37.1 Å². The number of hydrogen-bond acceptors (Lipinski definition) is 11. The van der Waals surface area contributed by atoms with Crippen LogP contribution >= 0.6 is 11.8 Å². The molecular formula is C22H32N2O10S. The zero-order chi connectivity index (χ0) is 26.4. The van der Waals surface area contributed by atoms with E-state index >= 15 is 0 Å². The molecule has 196 valence electrons. The zero-order valence-electron chi connectivity index (χ0n) is 20.1. The number of ether oxygens (including phenoxy) is 3. The highest BCUT2D eigenvalue weighted by Crippen LogP contribution is 2.28. The lowest BCUT2D eigenvalue weighted by molar-refractivity contribution is -0.149. The Morgan fingerprint density at radius 3 is 2.40 bits per heavy atom. The molecule has 1 aliphatic rings. The van der Waals surface area contributed by atoms with Gasteiger partial charge in [-0.25, -0.2) is 4.79 Å². The van der Waals surface area contributed by atoms with Crippen LogP contribution in [-0.4, -0.2) is 78.8 Å². The smallest absolute Gasteiger partial charge is 0.466 e. The number of esters is 1. The van der Waals surface area contributed by atoms with Gasteiger partial charge in [-0.3, -0.25) is 28.8 Å². The number of carbonyl (C=O) groups is 7. The summed E-state index contributed by atoms with van der Waals surface area (Å²) in [7, 11) is 0. The van der Waals surface area contributed by atoms with Gasteiger partial charge in [-0.1, -0.05) is 25.6 Å². The van der Waals surface area contributed by atoms with Crippen LogP contribution in [0.25, 0.3) is 0 Å². The van der Waals surface area contributed by atoms with Gasteiger partial charge in [-0.2, -0.15) is 0 Å². The van der Waals surface area contributed by atoms with Gasteiger partial charge in [0.05, 0.1) is 25.9 Å². The Kier molecular flexibility index (Phi) is 13.0. The zero-order valence-corrected chi connectivity index (χ0v) is 21.0. The fourth-order valence-corrected chi connectivity index (χ4v) is 3.61. The lowest BCUT2D eigenvalue weighted by atomic mass is 9.86. The Labute approximate surface area is 207 Å². The van der Waals surface area contributed by atoms with Crippen LogP contribution in [0, 0.1) is 5.41 Å². The number of amides is 2. The van der Waals surface area contributed by atoms with Crippen molar-refractivity contribution in [1.82, 2.24) is 10.6 Å². The Morgan fingerprint density at radius 2 is 1.71 bits per heavy atom. The minimum absolute atomic E-state index is 0.0195. The predicted molar refractivity (Wildman–Crippen MR) is 123 cm³/mol. The van der Waals surface area contributed by atoms with Crippen molar-refractivity contribution < 1.29 is 47.8 Å². The third kappa shape index (κ3) is 12.3. The van der Waals surface area contributed by atoms with Crippen molar-refractivity contribution in [3.05, 3.63) is 0 Å². The van der Waals surface area contributed by atoms with Crippen LogP contribution in [0.2, 0.25) is 0 Å². The summed E-state index contributed by atoms with van der Waals surface area (Å²) in [6.07, 6.45) is -3.01. The summed E-state index contributed by atoms with van der Waals surface area (Å²) in [5.41, 5.74) is -0.707. The molecule has 1 saturated heterocycles. The Balaban J connectivity index is 2.16. The van der Waals surface area contributed by atoms with E-state index in [1.807, 2.05) is 0 Å². The van der Waals surface area contributed by atoms with Gasteiger partial charge in [-0.05, 0) is 6.92 Å². The number of hydrogen-bond donors (Lipinski definition) is 2. The molecule has 2 N–H and O–H groups in total. The van der Waals surface area contributed by atoms with Crippen LogP contribution in [0.4, 0.5) is 4.79 Å². The first-order chi connectivity index (χ1) is 16.4. The highest BCUT2D eigenvalue weighted by molar-refractivity contribution is 8.13. The van der Waals surface area contributed by atoms with E-state index < -0.39 is 59.1 Å². The first-order valence-electron chi connectivity index (χ1n) is 11.2. The van der Waals surface area contributed by atoms with E-state index in [0.717, 1.165) is 11.8 Å². The summed E-state index contributed by atoms with van der Waals surface area (Å²) in [6.45, 7) is 5.52. The SMILES string of the molecule is CCOC(=O)CCC(=O)CC(=O)CC(=O)SCCNC(=O)CCNC(=O)[C@@H]1OC(=O)OCC1(C)C. The van der Waals surface area contributed by atoms with Gasteiger partial charge in [-0.15, -0.1) is 0 Å². The number of Topliss-reactive ketones (excluding diaryl/α,β-unsaturated/α-hetero) is 2. The van der Waals surface area contributed by atoms with Gasteiger partial charge in [0.25, 0.3) is 5.91 Å². The minimum atomic E-state index is -1.02. The molecule has 0 spiro atoms. The maximum absolute atomic E-state index is 12.2. The van der Waals surface area contributed by atoms with Gasteiger partial charge in [0.15, 0.2) is 11.2 Å². The van der Waals surface area contributed by atoms with Crippen molar-refractivity contribution in [2.24, 2.45) is 5.41 Å². The lowest BCUT2D eigenvalue weighted by Crippen LogP contribution is -2.52. The molecule has 0 radical (unpaired) electrons. The number of rotatable bonds is 15. The molecule has 0 aromatic rings. The monoisotopic (exact) mass is 516 g/mol. The van der Waals surface area contributed by atoms with Crippen molar-refractivity contribution in [2.45, 2.75) is 59.0 Å². The second-order valence-electron chi connectivity index (χ2n) is 8.37. The van der Waals surface area contributed by atoms with Crippen molar-refractivity contribution >= 4 is 52.4 Å². The van der Waals surface area contributed by atoms with Gasteiger partial charge < -0.3 is 24.8 Å². The Hall–Kier alpha value is -2.96. The average molecular weight is 517 g/mol. The van der Waals surface area contributed by atoms with Crippen LogP contribution < -0.4 is 10.6 Å². The largest absolute Gasteiger partial charge is 0.509 e. The van der Waals surface area contributed by atoms with Gasteiger partial charge in [0.2, 0.25) is 5.91 Å². The molecule has 1 rings (SSSR count). The second kappa shape index (κ2) is 15.1. The molecule has 1 aliphatic heterocycles. The summed E-state index contributed by atoms with van der Waals surface area (Å²) in [6, 6.07) is 0. The summed E-state index contributed by atoms with van der Waals surface area (Å²) >= 11 is 0.856. The summed E-state index contributed by atoms with van der Waals surface area (Å²) < 4.78 is 14.4. The number of cyclic esters (lactones) is 2. The van der Waals surface area contributed by atoms with Crippen LogP contribution in [0.15, 0.2) is 0 Å². The van der Waals surface area contributed by atoms with Gasteiger partial charge >= 0.3 is 12.1 Å². The molecule has 13 heteroatoms. The number of thioether (sulfide) groups is 1. The van der Waals surface area contributed by atoms with E-state index in [1.54, 1.807) is 20.8 Å². The molecule has 2 amide bonds. The number of ketones is 2. The van der Waals surface area contributed by atoms with Crippen LogP contribution in [0.5, 0.6) is 0 Å². The molecule has 1 heterocycles. The van der Waals surface area contributed by atoms with E-state index in [-0.39, 0.29) is 57.2 Å². The Bertz CT molecular complexity index is 827. The summed E-state index contributed by atoms with van der Waals surface area (Å²) in [5.74, 6) is -2.13. The summed E-state index contributed by atoms with van der Waals surface area (Å²) in [5, 5.41) is 4.70. The fourth-order valence-electron chi connectivity index (χ4n) is 2.91. The van der Waals surface area contributed by atoms with Crippen molar-refractivity contribution in [1.29, 1.82) is 0 Å². The maximum atomic E-state index is 12.2. The van der Waals surface area contributed by atoms with Crippen LogP contribution in [0.1, 0.15) is 52.9 Å². The van der Waals surface area contributed by atoms with Crippen LogP contribution in [-0.2, 0) is 43.0 Å². The average Bonchev–Trinajstić information content (AvgIpc) is 2.77. The van der Waals surface area contributed by atoms with Gasteiger partial charge in [0.1, 0.15) is 18.2 Å². The quantitative estimate of drug-likeness (QED) is 0.178. The second-order valence-corrected chi connectivity index (χ2v) is 9.52. The molecule has 12 nitrogen and oxygen atoms in total. The normalized spacial score (nSPS) is 16.3. The predicted octanol–water partition coefficient (Wildman–Crippen LogP) is 0.692. The first-order valence-corrected chi connectivity index (χ1v) is 12.2. The van der Waals surface area contributed by atoms with E-state index in [9.17, 15) is 33.6 Å².